The average Bonchev–Trinajstić information content (AvgIpc) is 3.15. The fourth-order valence-electron chi connectivity index (χ4n) is 2.35. The van der Waals surface area contributed by atoms with Crippen LogP contribution >= 0.6 is 11.6 Å². The van der Waals surface area contributed by atoms with E-state index in [2.05, 4.69) is 10.3 Å². The Balaban J connectivity index is 1.84. The minimum Gasteiger partial charge on any atom is -0.468 e. The highest BCUT2D eigenvalue weighted by molar-refractivity contribution is 7.89. The van der Waals surface area contributed by atoms with Crippen molar-refractivity contribution in [2.45, 2.75) is 11.4 Å². The Morgan fingerprint density at radius 3 is 2.52 bits per heavy atom. The molecule has 0 spiro atoms. The van der Waals surface area contributed by atoms with Crippen molar-refractivity contribution >= 4 is 33.2 Å². The summed E-state index contributed by atoms with van der Waals surface area (Å²) in [7, 11) is -3.99. The van der Waals surface area contributed by atoms with Gasteiger partial charge >= 0.3 is 0 Å². The minimum atomic E-state index is -3.99. The van der Waals surface area contributed by atoms with Crippen molar-refractivity contribution in [3.05, 3.63) is 78.0 Å². The lowest BCUT2D eigenvalue weighted by molar-refractivity contribution is -0.116. The molecule has 1 N–H and O–H groups in total. The molecular formula is C18H16ClN3O4S. The second-order valence-corrected chi connectivity index (χ2v) is 7.91. The average molecular weight is 406 g/mol. The zero-order chi connectivity index (χ0) is 19.3. The SMILES string of the molecule is O=C(CN(Cc1ccco1)S(=O)(=O)c1ccc(Cl)nc1)Nc1ccccc1. The van der Waals surface area contributed by atoms with Crippen molar-refractivity contribution in [3.63, 3.8) is 0 Å². The molecule has 7 nitrogen and oxygen atoms in total. The summed E-state index contributed by atoms with van der Waals surface area (Å²) in [5.41, 5.74) is 0.575. The summed E-state index contributed by atoms with van der Waals surface area (Å²) in [6, 6.07) is 14.8. The molecule has 0 unspecified atom stereocenters. The van der Waals surface area contributed by atoms with Gasteiger partial charge in [0.25, 0.3) is 0 Å². The van der Waals surface area contributed by atoms with Crippen LogP contribution in [0.15, 0.2) is 76.4 Å². The third kappa shape index (κ3) is 4.94. The standard InChI is InChI=1S/C18H16ClN3O4S/c19-17-9-8-16(11-20-17)27(24,25)22(12-15-7-4-10-26-15)13-18(23)21-14-5-2-1-3-6-14/h1-11H,12-13H2,(H,21,23). The van der Waals surface area contributed by atoms with Crippen molar-refractivity contribution in [2.24, 2.45) is 0 Å². The van der Waals surface area contributed by atoms with Gasteiger partial charge in [-0.2, -0.15) is 4.31 Å². The van der Waals surface area contributed by atoms with Gasteiger partial charge < -0.3 is 9.73 Å². The number of anilines is 1. The molecule has 27 heavy (non-hydrogen) atoms. The number of halogens is 1. The summed E-state index contributed by atoms with van der Waals surface area (Å²) in [5, 5.41) is 2.85. The van der Waals surface area contributed by atoms with Crippen LogP contribution in [0.25, 0.3) is 0 Å². The number of pyridine rings is 1. The summed E-state index contributed by atoms with van der Waals surface area (Å²) in [4.78, 5) is 16.1. The zero-order valence-electron chi connectivity index (χ0n) is 14.1. The second kappa shape index (κ2) is 8.34. The number of hydrogen-bond acceptors (Lipinski definition) is 5. The molecule has 0 bridgehead atoms. The largest absolute Gasteiger partial charge is 0.468 e. The summed E-state index contributed by atoms with van der Waals surface area (Å²) in [6.07, 6.45) is 2.59. The number of rotatable bonds is 7. The molecule has 0 fully saturated rings. The number of nitrogens with one attached hydrogen (secondary N) is 1. The van der Waals surface area contributed by atoms with E-state index in [1.165, 1.54) is 18.4 Å². The lowest BCUT2D eigenvalue weighted by Gasteiger charge is -2.20. The van der Waals surface area contributed by atoms with Gasteiger partial charge in [0, 0.05) is 11.9 Å². The van der Waals surface area contributed by atoms with Crippen LogP contribution in [0.1, 0.15) is 5.76 Å². The lowest BCUT2D eigenvalue weighted by atomic mass is 10.3. The quantitative estimate of drug-likeness (QED) is 0.609. The van der Waals surface area contributed by atoms with Gasteiger partial charge in [-0.15, -0.1) is 0 Å². The molecule has 1 aromatic carbocycles. The summed E-state index contributed by atoms with van der Waals surface area (Å²) in [6.45, 7) is -0.485. The first-order chi connectivity index (χ1) is 12.9. The second-order valence-electron chi connectivity index (χ2n) is 5.58. The number of hydrogen-bond donors (Lipinski definition) is 1. The predicted molar refractivity (Wildman–Crippen MR) is 101 cm³/mol. The highest BCUT2D eigenvalue weighted by Gasteiger charge is 2.28. The summed E-state index contributed by atoms with van der Waals surface area (Å²) >= 11 is 5.73. The van der Waals surface area contributed by atoms with Crippen LogP contribution < -0.4 is 5.32 Å². The van der Waals surface area contributed by atoms with E-state index in [4.69, 9.17) is 16.0 Å². The van der Waals surface area contributed by atoms with Gasteiger partial charge in [0.15, 0.2) is 0 Å². The minimum absolute atomic E-state index is 0.0639. The number of carbonyl (C=O) groups excluding carboxylic acids is 1. The van der Waals surface area contributed by atoms with E-state index in [0.29, 0.717) is 11.4 Å². The third-order valence-electron chi connectivity index (χ3n) is 3.63. The van der Waals surface area contributed by atoms with Crippen LogP contribution in [0, 0.1) is 0 Å². The fourth-order valence-corrected chi connectivity index (χ4v) is 3.77. The van der Waals surface area contributed by atoms with Gasteiger partial charge in [-0.3, -0.25) is 4.79 Å². The van der Waals surface area contributed by atoms with Crippen molar-refractivity contribution in [1.29, 1.82) is 0 Å². The topological polar surface area (TPSA) is 92.5 Å². The Morgan fingerprint density at radius 2 is 1.89 bits per heavy atom. The third-order valence-corrected chi connectivity index (χ3v) is 5.63. The molecule has 140 valence electrons. The van der Waals surface area contributed by atoms with Gasteiger partial charge in [-0.05, 0) is 36.4 Å². The lowest BCUT2D eigenvalue weighted by Crippen LogP contribution is -2.37. The van der Waals surface area contributed by atoms with Crippen molar-refractivity contribution in [1.82, 2.24) is 9.29 Å². The van der Waals surface area contributed by atoms with Crippen LogP contribution in [0.4, 0.5) is 5.69 Å². The van der Waals surface area contributed by atoms with Gasteiger partial charge in [0.2, 0.25) is 15.9 Å². The maximum atomic E-state index is 13.0. The molecule has 9 heteroatoms. The molecule has 0 radical (unpaired) electrons. The van der Waals surface area contributed by atoms with Crippen molar-refractivity contribution < 1.29 is 17.6 Å². The van der Waals surface area contributed by atoms with Crippen molar-refractivity contribution in [3.8, 4) is 0 Å². The molecule has 0 aliphatic heterocycles. The van der Waals surface area contributed by atoms with Gasteiger partial charge in [-0.25, -0.2) is 13.4 Å². The molecule has 3 aromatic rings. The highest BCUT2D eigenvalue weighted by atomic mass is 35.5. The summed E-state index contributed by atoms with van der Waals surface area (Å²) < 4.78 is 32.2. The first-order valence-corrected chi connectivity index (χ1v) is 9.76. The number of aromatic nitrogens is 1. The molecule has 0 saturated carbocycles. The molecule has 0 aliphatic carbocycles. The van der Waals surface area contributed by atoms with E-state index < -0.39 is 15.9 Å². The van der Waals surface area contributed by atoms with Crippen LogP contribution in [0.3, 0.4) is 0 Å². The molecule has 3 rings (SSSR count). The van der Waals surface area contributed by atoms with E-state index in [1.807, 2.05) is 6.07 Å². The van der Waals surface area contributed by atoms with Crippen molar-refractivity contribution in [2.75, 3.05) is 11.9 Å². The Bertz CT molecular complexity index is 991. The molecule has 0 atom stereocenters. The number of benzene rings is 1. The molecule has 2 heterocycles. The van der Waals surface area contributed by atoms with Crippen LogP contribution in [0.5, 0.6) is 0 Å². The first-order valence-electron chi connectivity index (χ1n) is 7.94. The molecule has 2 aromatic heterocycles. The van der Waals surface area contributed by atoms with E-state index >= 15 is 0 Å². The van der Waals surface area contributed by atoms with Crippen LogP contribution in [-0.4, -0.2) is 30.2 Å². The monoisotopic (exact) mass is 405 g/mol. The van der Waals surface area contributed by atoms with Crippen LogP contribution in [0.2, 0.25) is 5.15 Å². The van der Waals surface area contributed by atoms with Gasteiger partial charge in [-0.1, -0.05) is 29.8 Å². The molecule has 1 amide bonds. The van der Waals surface area contributed by atoms with E-state index in [-0.39, 0.29) is 23.1 Å². The number of furan rings is 1. The van der Waals surface area contributed by atoms with E-state index in [9.17, 15) is 13.2 Å². The van der Waals surface area contributed by atoms with Crippen LogP contribution in [-0.2, 0) is 21.4 Å². The smallest absolute Gasteiger partial charge is 0.245 e. The molecule has 0 aliphatic rings. The number of nitrogens with zero attached hydrogens (tertiary/aromatic N) is 2. The van der Waals surface area contributed by atoms with E-state index in [0.717, 1.165) is 10.5 Å². The Kier molecular flexibility index (Phi) is 5.90. The van der Waals surface area contributed by atoms with Gasteiger partial charge in [0.1, 0.15) is 15.8 Å². The zero-order valence-corrected chi connectivity index (χ0v) is 15.7. The first kappa shape index (κ1) is 19.1. The molecular weight excluding hydrogens is 390 g/mol. The Labute approximate surface area is 161 Å². The number of para-hydroxylation sites is 1. The Hall–Kier alpha value is -2.68. The predicted octanol–water partition coefficient (Wildman–Crippen LogP) is 3.16. The van der Waals surface area contributed by atoms with Gasteiger partial charge in [0.05, 0.1) is 19.4 Å². The maximum absolute atomic E-state index is 13.0. The number of sulfonamides is 1. The number of amides is 1. The summed E-state index contributed by atoms with van der Waals surface area (Å²) in [5.74, 6) is -0.0636. The fraction of sp³-hybridized carbons (Fsp3) is 0.111. The normalized spacial score (nSPS) is 11.5. The Morgan fingerprint density at radius 1 is 1.11 bits per heavy atom. The number of carbonyl (C=O) groups is 1. The van der Waals surface area contributed by atoms with E-state index in [1.54, 1.807) is 36.4 Å². The molecule has 0 saturated heterocycles. The highest BCUT2D eigenvalue weighted by Crippen LogP contribution is 2.19. The maximum Gasteiger partial charge on any atom is 0.245 e.